The third kappa shape index (κ3) is 3.62. The molecule has 0 saturated carbocycles. The van der Waals surface area contributed by atoms with E-state index in [4.69, 9.17) is 4.74 Å². The predicted molar refractivity (Wildman–Crippen MR) is 65.4 cm³/mol. The van der Waals surface area contributed by atoms with Crippen molar-refractivity contribution in [1.29, 1.82) is 0 Å². The van der Waals surface area contributed by atoms with E-state index in [-0.39, 0.29) is 11.5 Å². The average molecular weight is 238 g/mol. The zero-order valence-corrected chi connectivity index (χ0v) is 9.96. The summed E-state index contributed by atoms with van der Waals surface area (Å²) in [5, 5.41) is 0. The number of ketones is 1. The van der Waals surface area contributed by atoms with Crippen LogP contribution in [0.2, 0.25) is 0 Å². The first-order valence-corrected chi connectivity index (χ1v) is 6.29. The van der Waals surface area contributed by atoms with Gasteiger partial charge >= 0.3 is 0 Å². The fourth-order valence-electron chi connectivity index (χ4n) is 1.20. The van der Waals surface area contributed by atoms with E-state index in [0.717, 1.165) is 0 Å². The number of carbonyl (C=O) groups is 1. The standard InChI is InChI=1S/C12H14O3S/c1-3-8-16(14)9-12(13)10-4-6-11(15-2)7-5-10/h3-7H,1,8-9H2,2H3. The molecule has 0 aliphatic carbocycles. The summed E-state index contributed by atoms with van der Waals surface area (Å²) in [5.41, 5.74) is 0.554. The van der Waals surface area contributed by atoms with Gasteiger partial charge in [-0.3, -0.25) is 9.00 Å². The average Bonchev–Trinajstić information content (AvgIpc) is 2.29. The van der Waals surface area contributed by atoms with Gasteiger partial charge in [0, 0.05) is 22.1 Å². The Balaban J connectivity index is 2.65. The van der Waals surface area contributed by atoms with Crippen LogP contribution in [0, 0.1) is 0 Å². The molecule has 0 radical (unpaired) electrons. The molecule has 3 nitrogen and oxygen atoms in total. The molecular formula is C12H14O3S. The second-order valence-electron chi connectivity index (χ2n) is 3.19. The Morgan fingerprint density at radius 3 is 2.56 bits per heavy atom. The topological polar surface area (TPSA) is 43.4 Å². The molecule has 0 aliphatic heterocycles. The summed E-state index contributed by atoms with van der Waals surface area (Å²) in [6.07, 6.45) is 1.55. The van der Waals surface area contributed by atoms with Crippen molar-refractivity contribution in [3.63, 3.8) is 0 Å². The van der Waals surface area contributed by atoms with Crippen LogP contribution in [0.25, 0.3) is 0 Å². The second kappa shape index (κ2) is 6.23. The highest BCUT2D eigenvalue weighted by Crippen LogP contribution is 2.11. The maximum Gasteiger partial charge on any atom is 0.175 e. The van der Waals surface area contributed by atoms with Crippen LogP contribution in [0.4, 0.5) is 0 Å². The number of methoxy groups -OCH3 is 1. The molecule has 1 atom stereocenters. The number of Topliss-reactive ketones (excluding diaryl/α,β-unsaturated/α-hetero) is 1. The second-order valence-corrected chi connectivity index (χ2v) is 4.69. The molecule has 0 aliphatic rings. The van der Waals surface area contributed by atoms with Crippen molar-refractivity contribution < 1.29 is 13.7 Å². The molecule has 4 heteroatoms. The van der Waals surface area contributed by atoms with Crippen molar-refractivity contribution in [2.24, 2.45) is 0 Å². The van der Waals surface area contributed by atoms with Gasteiger partial charge in [0.2, 0.25) is 0 Å². The Kier molecular flexibility index (Phi) is 4.92. The van der Waals surface area contributed by atoms with Crippen LogP contribution in [-0.4, -0.2) is 28.6 Å². The molecule has 1 aromatic carbocycles. The molecule has 1 unspecified atom stereocenters. The van der Waals surface area contributed by atoms with Crippen LogP contribution in [0.1, 0.15) is 10.4 Å². The van der Waals surface area contributed by atoms with Crippen molar-refractivity contribution in [1.82, 2.24) is 0 Å². The number of ether oxygens (including phenoxy) is 1. The van der Waals surface area contributed by atoms with Crippen LogP contribution >= 0.6 is 0 Å². The molecule has 0 saturated heterocycles. The minimum atomic E-state index is -1.16. The van der Waals surface area contributed by atoms with Crippen molar-refractivity contribution in [3.8, 4) is 5.75 Å². The minimum Gasteiger partial charge on any atom is -0.497 e. The van der Waals surface area contributed by atoms with Gasteiger partial charge < -0.3 is 4.74 Å². The van der Waals surface area contributed by atoms with Crippen molar-refractivity contribution in [2.75, 3.05) is 18.6 Å². The van der Waals surface area contributed by atoms with Gasteiger partial charge in [0.1, 0.15) is 5.75 Å². The molecule has 0 bridgehead atoms. The fourth-order valence-corrected chi connectivity index (χ4v) is 2.04. The van der Waals surface area contributed by atoms with E-state index in [2.05, 4.69) is 6.58 Å². The largest absolute Gasteiger partial charge is 0.497 e. The summed E-state index contributed by atoms with van der Waals surface area (Å²) in [5.74, 6) is 0.965. The molecule has 1 rings (SSSR count). The first-order valence-electron chi connectivity index (χ1n) is 4.80. The van der Waals surface area contributed by atoms with Crippen LogP contribution in [0.5, 0.6) is 5.75 Å². The van der Waals surface area contributed by atoms with Gasteiger partial charge in [-0.15, -0.1) is 6.58 Å². The van der Waals surface area contributed by atoms with Gasteiger partial charge in [-0.25, -0.2) is 0 Å². The Morgan fingerprint density at radius 2 is 2.06 bits per heavy atom. The summed E-state index contributed by atoms with van der Waals surface area (Å²) >= 11 is 0. The van der Waals surface area contributed by atoms with Gasteiger partial charge in [0.25, 0.3) is 0 Å². The van der Waals surface area contributed by atoms with Gasteiger partial charge in [-0.05, 0) is 24.3 Å². The molecule has 86 valence electrons. The summed E-state index contributed by atoms with van der Waals surface area (Å²) in [7, 11) is 0.409. The first-order chi connectivity index (χ1) is 7.67. The summed E-state index contributed by atoms with van der Waals surface area (Å²) in [4.78, 5) is 11.7. The zero-order chi connectivity index (χ0) is 12.0. The van der Waals surface area contributed by atoms with Crippen molar-refractivity contribution >= 4 is 16.6 Å². The van der Waals surface area contributed by atoms with E-state index in [0.29, 0.717) is 17.1 Å². The lowest BCUT2D eigenvalue weighted by Crippen LogP contribution is -2.12. The molecule has 0 spiro atoms. The number of carbonyl (C=O) groups excluding carboxylic acids is 1. The lowest BCUT2D eigenvalue weighted by molar-refractivity contribution is 0.102. The smallest absolute Gasteiger partial charge is 0.175 e. The normalized spacial score (nSPS) is 11.8. The molecular weight excluding hydrogens is 224 g/mol. The minimum absolute atomic E-state index is 0.0400. The Hall–Kier alpha value is -1.42. The van der Waals surface area contributed by atoms with Gasteiger partial charge in [-0.1, -0.05) is 6.08 Å². The molecule has 0 fully saturated rings. The van der Waals surface area contributed by atoms with E-state index in [9.17, 15) is 9.00 Å². The SMILES string of the molecule is C=CCS(=O)CC(=O)c1ccc(OC)cc1. The number of rotatable bonds is 6. The highest BCUT2D eigenvalue weighted by Gasteiger charge is 2.09. The van der Waals surface area contributed by atoms with Crippen molar-refractivity contribution in [3.05, 3.63) is 42.5 Å². The summed E-state index contributed by atoms with van der Waals surface area (Å²) in [6.45, 7) is 3.48. The summed E-state index contributed by atoms with van der Waals surface area (Å²) < 4.78 is 16.3. The molecule has 0 amide bonds. The molecule has 0 aromatic heterocycles. The van der Waals surface area contributed by atoms with Gasteiger partial charge in [0.05, 0.1) is 12.9 Å². The van der Waals surface area contributed by atoms with Gasteiger partial charge in [-0.2, -0.15) is 0 Å². The fraction of sp³-hybridized carbons (Fsp3) is 0.250. The van der Waals surface area contributed by atoms with E-state index in [1.54, 1.807) is 37.5 Å². The third-order valence-corrected chi connectivity index (χ3v) is 3.20. The Morgan fingerprint density at radius 1 is 1.44 bits per heavy atom. The van der Waals surface area contributed by atoms with E-state index in [1.807, 2.05) is 0 Å². The molecule has 0 N–H and O–H groups in total. The van der Waals surface area contributed by atoms with Crippen LogP contribution in [0.15, 0.2) is 36.9 Å². The van der Waals surface area contributed by atoms with Gasteiger partial charge in [0.15, 0.2) is 5.78 Å². The van der Waals surface area contributed by atoms with Crippen LogP contribution in [-0.2, 0) is 10.8 Å². The highest BCUT2D eigenvalue weighted by molar-refractivity contribution is 7.85. The molecule has 1 aromatic rings. The number of benzene rings is 1. The predicted octanol–water partition coefficient (Wildman–Crippen LogP) is 1.81. The van der Waals surface area contributed by atoms with E-state index < -0.39 is 10.8 Å². The van der Waals surface area contributed by atoms with Crippen LogP contribution < -0.4 is 4.74 Å². The molecule has 0 heterocycles. The number of hydrogen-bond acceptors (Lipinski definition) is 3. The molecule has 16 heavy (non-hydrogen) atoms. The maximum atomic E-state index is 11.7. The Bertz CT molecular complexity index is 395. The highest BCUT2D eigenvalue weighted by atomic mass is 32.2. The van der Waals surface area contributed by atoms with E-state index >= 15 is 0 Å². The Labute approximate surface area is 97.6 Å². The lowest BCUT2D eigenvalue weighted by atomic mass is 10.1. The quantitative estimate of drug-likeness (QED) is 0.561. The summed E-state index contributed by atoms with van der Waals surface area (Å²) in [6, 6.07) is 6.77. The monoisotopic (exact) mass is 238 g/mol. The van der Waals surface area contributed by atoms with Crippen LogP contribution in [0.3, 0.4) is 0 Å². The maximum absolute atomic E-state index is 11.7. The zero-order valence-electron chi connectivity index (χ0n) is 9.14. The lowest BCUT2D eigenvalue weighted by Gasteiger charge is -2.02. The third-order valence-electron chi connectivity index (χ3n) is 2.01. The number of hydrogen-bond donors (Lipinski definition) is 0. The van der Waals surface area contributed by atoms with Crippen molar-refractivity contribution in [2.45, 2.75) is 0 Å². The first kappa shape index (κ1) is 12.6. The van der Waals surface area contributed by atoms with E-state index in [1.165, 1.54) is 0 Å².